The third kappa shape index (κ3) is 3.14. The number of nitrogens with zero attached hydrogens (tertiary/aromatic N) is 2. The Balaban J connectivity index is 1.80. The number of rotatable bonds is 4. The van der Waals surface area contributed by atoms with Crippen LogP contribution in [0.3, 0.4) is 0 Å². The summed E-state index contributed by atoms with van der Waals surface area (Å²) in [6, 6.07) is 12.6. The van der Waals surface area contributed by atoms with Crippen molar-refractivity contribution in [1.82, 2.24) is 15.2 Å². The van der Waals surface area contributed by atoms with Crippen LogP contribution in [0.5, 0.6) is 0 Å². The van der Waals surface area contributed by atoms with E-state index in [4.69, 9.17) is 11.6 Å². The molecule has 4 heteroatoms. The van der Waals surface area contributed by atoms with Crippen molar-refractivity contribution in [3.05, 3.63) is 70.6 Å². The summed E-state index contributed by atoms with van der Waals surface area (Å²) in [5.41, 5.74) is 5.44. The molecule has 1 N–H and O–H groups in total. The van der Waals surface area contributed by atoms with Crippen LogP contribution in [0.1, 0.15) is 23.7 Å². The lowest BCUT2D eigenvalue weighted by molar-refractivity contribution is 0.996. The van der Waals surface area contributed by atoms with Gasteiger partial charge in [0.15, 0.2) is 0 Å². The lowest BCUT2D eigenvalue weighted by Crippen LogP contribution is -1.89. The fraction of sp³-hybridized carbons (Fsp3) is 0.176. The van der Waals surface area contributed by atoms with Gasteiger partial charge < -0.3 is 0 Å². The molecule has 0 aliphatic rings. The maximum Gasteiger partial charge on any atom is 0.0939 e. The van der Waals surface area contributed by atoms with E-state index < -0.39 is 0 Å². The molecule has 1 aromatic carbocycles. The van der Waals surface area contributed by atoms with Gasteiger partial charge in [-0.15, -0.1) is 0 Å². The van der Waals surface area contributed by atoms with Gasteiger partial charge in [0.25, 0.3) is 0 Å². The van der Waals surface area contributed by atoms with E-state index in [0.717, 1.165) is 29.8 Å². The zero-order chi connectivity index (χ0) is 14.7. The summed E-state index contributed by atoms with van der Waals surface area (Å²) in [5.74, 6) is 0. The molecule has 0 saturated carbocycles. The second-order valence-corrected chi connectivity index (χ2v) is 5.39. The first-order valence-electron chi connectivity index (χ1n) is 6.98. The highest BCUT2D eigenvalue weighted by molar-refractivity contribution is 6.33. The number of hydrogen-bond donors (Lipinski definition) is 1. The van der Waals surface area contributed by atoms with E-state index in [0.29, 0.717) is 5.02 Å². The standard InChI is InChI=1S/C17H16ClN3/c1-2-12-3-5-13(6-4-12)9-14-10-17(21-20-14)15-7-8-19-11-16(15)18/h3-8,10-11H,2,9H2,1H3,(H,20,21). The Hall–Kier alpha value is -2.13. The minimum Gasteiger partial charge on any atom is -0.282 e. The van der Waals surface area contributed by atoms with Crippen molar-refractivity contribution < 1.29 is 0 Å². The minimum atomic E-state index is 0.614. The number of aryl methyl sites for hydroxylation is 1. The number of nitrogens with one attached hydrogen (secondary N) is 1. The molecule has 0 amide bonds. The van der Waals surface area contributed by atoms with Crippen molar-refractivity contribution in [3.8, 4) is 11.3 Å². The molecular weight excluding hydrogens is 282 g/mol. The molecule has 2 heterocycles. The molecule has 3 aromatic rings. The van der Waals surface area contributed by atoms with Gasteiger partial charge in [0.2, 0.25) is 0 Å². The van der Waals surface area contributed by atoms with Crippen LogP contribution in [0.2, 0.25) is 5.02 Å². The van der Waals surface area contributed by atoms with Crippen molar-refractivity contribution >= 4 is 11.6 Å². The predicted molar refractivity (Wildman–Crippen MR) is 85.5 cm³/mol. The highest BCUT2D eigenvalue weighted by atomic mass is 35.5. The summed E-state index contributed by atoms with van der Waals surface area (Å²) < 4.78 is 0. The van der Waals surface area contributed by atoms with Crippen molar-refractivity contribution in [2.45, 2.75) is 19.8 Å². The van der Waals surface area contributed by atoms with Crippen LogP contribution >= 0.6 is 11.6 Å². The van der Waals surface area contributed by atoms with Crippen LogP contribution in [-0.2, 0) is 12.8 Å². The predicted octanol–water partition coefficient (Wildman–Crippen LogP) is 4.28. The number of benzene rings is 1. The summed E-state index contributed by atoms with van der Waals surface area (Å²) in [4.78, 5) is 3.99. The van der Waals surface area contributed by atoms with Gasteiger partial charge in [-0.3, -0.25) is 10.1 Å². The molecule has 0 spiro atoms. The number of H-pyrrole nitrogens is 1. The summed E-state index contributed by atoms with van der Waals surface area (Å²) in [6.07, 6.45) is 5.25. The van der Waals surface area contributed by atoms with Crippen LogP contribution in [0.25, 0.3) is 11.3 Å². The Morgan fingerprint density at radius 2 is 1.86 bits per heavy atom. The first kappa shape index (κ1) is 13.8. The number of halogens is 1. The van der Waals surface area contributed by atoms with E-state index >= 15 is 0 Å². The SMILES string of the molecule is CCc1ccc(Cc2cc(-c3ccncc3Cl)n[nH]2)cc1. The molecule has 0 unspecified atom stereocenters. The molecule has 0 bridgehead atoms. The van der Waals surface area contributed by atoms with Crippen LogP contribution in [0.15, 0.2) is 48.8 Å². The van der Waals surface area contributed by atoms with E-state index in [2.05, 4.69) is 46.4 Å². The molecule has 3 nitrogen and oxygen atoms in total. The Morgan fingerprint density at radius 1 is 1.10 bits per heavy atom. The third-order valence-electron chi connectivity index (χ3n) is 3.51. The fourth-order valence-electron chi connectivity index (χ4n) is 2.29. The highest BCUT2D eigenvalue weighted by Gasteiger charge is 2.08. The monoisotopic (exact) mass is 297 g/mol. The smallest absolute Gasteiger partial charge is 0.0939 e. The summed E-state index contributed by atoms with van der Waals surface area (Å²) in [7, 11) is 0. The van der Waals surface area contributed by atoms with Gasteiger partial charge >= 0.3 is 0 Å². The van der Waals surface area contributed by atoms with Crippen molar-refractivity contribution in [2.75, 3.05) is 0 Å². The number of aromatic nitrogens is 3. The fourth-order valence-corrected chi connectivity index (χ4v) is 2.50. The third-order valence-corrected chi connectivity index (χ3v) is 3.81. The van der Waals surface area contributed by atoms with E-state index in [9.17, 15) is 0 Å². The van der Waals surface area contributed by atoms with Gasteiger partial charge in [0.1, 0.15) is 0 Å². The van der Waals surface area contributed by atoms with Gasteiger partial charge in [-0.1, -0.05) is 42.8 Å². The first-order valence-corrected chi connectivity index (χ1v) is 7.36. The second kappa shape index (κ2) is 6.10. The molecule has 21 heavy (non-hydrogen) atoms. The van der Waals surface area contributed by atoms with Gasteiger partial charge in [0, 0.05) is 30.1 Å². The molecular formula is C17H16ClN3. The molecule has 0 aliphatic carbocycles. The van der Waals surface area contributed by atoms with Crippen molar-refractivity contribution in [3.63, 3.8) is 0 Å². The molecule has 0 saturated heterocycles. The van der Waals surface area contributed by atoms with E-state index in [-0.39, 0.29) is 0 Å². The number of pyridine rings is 1. The van der Waals surface area contributed by atoms with Gasteiger partial charge in [-0.25, -0.2) is 0 Å². The molecule has 106 valence electrons. The van der Waals surface area contributed by atoms with Gasteiger partial charge in [-0.2, -0.15) is 5.10 Å². The van der Waals surface area contributed by atoms with Crippen molar-refractivity contribution in [2.24, 2.45) is 0 Å². The van der Waals surface area contributed by atoms with Crippen LogP contribution in [0, 0.1) is 0 Å². The number of aromatic amines is 1. The second-order valence-electron chi connectivity index (χ2n) is 4.98. The quantitative estimate of drug-likeness (QED) is 0.781. The van der Waals surface area contributed by atoms with E-state index in [1.807, 2.05) is 12.1 Å². The largest absolute Gasteiger partial charge is 0.282 e. The van der Waals surface area contributed by atoms with Crippen LogP contribution in [0.4, 0.5) is 0 Å². The van der Waals surface area contributed by atoms with Crippen LogP contribution < -0.4 is 0 Å². The molecule has 0 radical (unpaired) electrons. The summed E-state index contributed by atoms with van der Waals surface area (Å²) in [6.45, 7) is 2.16. The maximum absolute atomic E-state index is 6.15. The molecule has 2 aromatic heterocycles. The van der Waals surface area contributed by atoms with E-state index in [1.54, 1.807) is 12.4 Å². The molecule has 0 atom stereocenters. The Morgan fingerprint density at radius 3 is 2.57 bits per heavy atom. The number of hydrogen-bond acceptors (Lipinski definition) is 2. The van der Waals surface area contributed by atoms with Gasteiger partial charge in [0.05, 0.1) is 10.7 Å². The molecule has 3 rings (SSSR count). The maximum atomic E-state index is 6.15. The topological polar surface area (TPSA) is 41.6 Å². The Labute approximate surface area is 129 Å². The summed E-state index contributed by atoms with van der Waals surface area (Å²) in [5, 5.41) is 8.03. The zero-order valence-corrected chi connectivity index (χ0v) is 12.6. The minimum absolute atomic E-state index is 0.614. The first-order chi connectivity index (χ1) is 10.3. The molecule has 0 aliphatic heterocycles. The van der Waals surface area contributed by atoms with E-state index in [1.165, 1.54) is 11.1 Å². The van der Waals surface area contributed by atoms with Gasteiger partial charge in [-0.05, 0) is 29.7 Å². The normalized spacial score (nSPS) is 10.8. The average molecular weight is 298 g/mol. The Bertz CT molecular complexity index is 732. The lowest BCUT2D eigenvalue weighted by Gasteiger charge is -2.01. The zero-order valence-electron chi connectivity index (χ0n) is 11.8. The Kier molecular flexibility index (Phi) is 4.02. The lowest BCUT2D eigenvalue weighted by atomic mass is 10.1. The highest BCUT2D eigenvalue weighted by Crippen LogP contribution is 2.25. The average Bonchev–Trinajstić information content (AvgIpc) is 2.97. The molecule has 0 fully saturated rings. The van der Waals surface area contributed by atoms with Crippen molar-refractivity contribution in [1.29, 1.82) is 0 Å². The van der Waals surface area contributed by atoms with Crippen LogP contribution in [-0.4, -0.2) is 15.2 Å². The summed E-state index contributed by atoms with van der Waals surface area (Å²) >= 11 is 6.15.